The Morgan fingerprint density at radius 2 is 2.26 bits per heavy atom. The molecule has 6 nitrogen and oxygen atoms in total. The topological polar surface area (TPSA) is 86.7 Å². The summed E-state index contributed by atoms with van der Waals surface area (Å²) in [6.07, 6.45) is 2.67. The summed E-state index contributed by atoms with van der Waals surface area (Å²) in [4.78, 5) is 38.0. The monoisotopic (exact) mass is 336 g/mol. The first-order valence-corrected chi connectivity index (χ1v) is 8.74. The number of rotatable bonds is 5. The first kappa shape index (κ1) is 16.0. The highest BCUT2D eigenvalue weighted by Crippen LogP contribution is 2.48. The Morgan fingerprint density at radius 3 is 2.91 bits per heavy atom. The van der Waals surface area contributed by atoms with Gasteiger partial charge in [0.2, 0.25) is 5.91 Å². The van der Waals surface area contributed by atoms with E-state index in [0.29, 0.717) is 24.4 Å². The number of amides is 2. The van der Waals surface area contributed by atoms with Crippen LogP contribution in [0.4, 0.5) is 0 Å². The number of thiophene rings is 1. The maximum Gasteiger partial charge on any atom is 0.311 e. The predicted molar refractivity (Wildman–Crippen MR) is 85.3 cm³/mol. The van der Waals surface area contributed by atoms with Crippen LogP contribution in [0, 0.1) is 11.3 Å². The third-order valence-corrected chi connectivity index (χ3v) is 5.89. The van der Waals surface area contributed by atoms with E-state index in [9.17, 15) is 19.5 Å². The zero-order valence-electron chi connectivity index (χ0n) is 12.8. The van der Waals surface area contributed by atoms with Gasteiger partial charge < -0.3 is 15.3 Å². The minimum atomic E-state index is -0.777. The fraction of sp³-hybridized carbons (Fsp3) is 0.562. The lowest BCUT2D eigenvalue weighted by Crippen LogP contribution is -2.38. The van der Waals surface area contributed by atoms with Gasteiger partial charge in [0, 0.05) is 26.1 Å². The van der Waals surface area contributed by atoms with Crippen molar-refractivity contribution in [1.82, 2.24) is 10.2 Å². The second kappa shape index (κ2) is 6.31. The van der Waals surface area contributed by atoms with Crippen LogP contribution in [0.2, 0.25) is 0 Å². The molecule has 2 N–H and O–H groups in total. The minimum absolute atomic E-state index is 0.0738. The second-order valence-corrected chi connectivity index (χ2v) is 7.26. The molecule has 0 bridgehead atoms. The van der Waals surface area contributed by atoms with E-state index in [1.54, 1.807) is 17.0 Å². The van der Waals surface area contributed by atoms with Crippen molar-refractivity contribution < 1.29 is 19.5 Å². The highest BCUT2D eigenvalue weighted by Gasteiger charge is 2.55. The largest absolute Gasteiger partial charge is 0.481 e. The molecule has 23 heavy (non-hydrogen) atoms. The molecule has 2 atom stereocenters. The molecule has 2 aliphatic rings. The van der Waals surface area contributed by atoms with Crippen molar-refractivity contribution in [1.29, 1.82) is 0 Å². The van der Waals surface area contributed by atoms with Crippen LogP contribution in [-0.4, -0.2) is 47.4 Å². The Kier molecular flexibility index (Phi) is 4.39. The maximum atomic E-state index is 12.3. The molecule has 2 heterocycles. The number of nitrogens with one attached hydrogen (secondary N) is 1. The standard InChI is InChI=1S/C16H20N2O4S/c19-13(5-7-17-14(20)12-4-2-8-23-12)18-9-11-3-1-6-16(11,10-18)15(21)22/h2,4,8,11H,1,3,5-7,9-10H2,(H,17,20)(H,21,22)/t11-,16+/m0/s1. The van der Waals surface area contributed by atoms with Crippen LogP contribution in [0.3, 0.4) is 0 Å². The highest BCUT2D eigenvalue weighted by atomic mass is 32.1. The average Bonchev–Trinajstić information content (AvgIpc) is 3.22. The Labute approximate surface area is 138 Å². The maximum absolute atomic E-state index is 12.3. The summed E-state index contributed by atoms with van der Waals surface area (Å²) in [5.74, 6) is -0.953. The molecule has 3 rings (SSSR count). The van der Waals surface area contributed by atoms with Crippen LogP contribution in [0.5, 0.6) is 0 Å². The molecule has 7 heteroatoms. The van der Waals surface area contributed by atoms with Crippen molar-refractivity contribution in [2.45, 2.75) is 25.7 Å². The van der Waals surface area contributed by atoms with Crippen LogP contribution < -0.4 is 5.32 Å². The highest BCUT2D eigenvalue weighted by molar-refractivity contribution is 7.12. The Hall–Kier alpha value is -1.89. The summed E-state index contributed by atoms with van der Waals surface area (Å²) in [5, 5.41) is 14.1. The molecule has 0 aromatic carbocycles. The van der Waals surface area contributed by atoms with Gasteiger partial charge in [0.15, 0.2) is 0 Å². The SMILES string of the molecule is O=C(NCCC(=O)N1C[C@@H]2CCC[C@@]2(C(=O)O)C1)c1cccs1. The van der Waals surface area contributed by atoms with Crippen molar-refractivity contribution in [3.63, 3.8) is 0 Å². The number of aliphatic carboxylic acids is 1. The second-order valence-electron chi connectivity index (χ2n) is 6.31. The van der Waals surface area contributed by atoms with Gasteiger partial charge in [0.1, 0.15) is 0 Å². The number of fused-ring (bicyclic) bond motifs is 1. The van der Waals surface area contributed by atoms with Crippen molar-refractivity contribution in [2.24, 2.45) is 11.3 Å². The fourth-order valence-electron chi connectivity index (χ4n) is 3.76. The van der Waals surface area contributed by atoms with Gasteiger partial charge in [-0.25, -0.2) is 0 Å². The molecule has 1 aliphatic carbocycles. The van der Waals surface area contributed by atoms with Crippen LogP contribution in [0.15, 0.2) is 17.5 Å². The number of hydrogen-bond acceptors (Lipinski definition) is 4. The smallest absolute Gasteiger partial charge is 0.311 e. The average molecular weight is 336 g/mol. The van der Waals surface area contributed by atoms with E-state index in [2.05, 4.69) is 5.32 Å². The van der Waals surface area contributed by atoms with Crippen molar-refractivity contribution in [3.8, 4) is 0 Å². The van der Waals surface area contributed by atoms with Crippen LogP contribution in [-0.2, 0) is 9.59 Å². The van der Waals surface area contributed by atoms with E-state index in [0.717, 1.165) is 12.8 Å². The molecule has 0 spiro atoms. The van der Waals surface area contributed by atoms with E-state index in [4.69, 9.17) is 0 Å². The van der Waals surface area contributed by atoms with Gasteiger partial charge in [0.25, 0.3) is 5.91 Å². The molecule has 124 valence electrons. The predicted octanol–water partition coefficient (Wildman–Crippen LogP) is 1.58. The van der Waals surface area contributed by atoms with Gasteiger partial charge in [0.05, 0.1) is 10.3 Å². The van der Waals surface area contributed by atoms with E-state index >= 15 is 0 Å². The number of carboxylic acid groups (broad SMARTS) is 1. The van der Waals surface area contributed by atoms with Gasteiger partial charge in [-0.05, 0) is 30.2 Å². The zero-order valence-corrected chi connectivity index (χ0v) is 13.6. The molecule has 2 fully saturated rings. The molecule has 1 aromatic rings. The summed E-state index contributed by atoms with van der Waals surface area (Å²) in [5.41, 5.74) is -0.740. The zero-order chi connectivity index (χ0) is 16.4. The molecule has 1 saturated carbocycles. The number of nitrogens with zero attached hydrogens (tertiary/aromatic N) is 1. The van der Waals surface area contributed by atoms with Crippen molar-refractivity contribution >= 4 is 29.1 Å². The molecule has 1 saturated heterocycles. The van der Waals surface area contributed by atoms with Gasteiger partial charge >= 0.3 is 5.97 Å². The first-order valence-electron chi connectivity index (χ1n) is 7.86. The lowest BCUT2D eigenvalue weighted by molar-refractivity contribution is -0.149. The van der Waals surface area contributed by atoms with Crippen LogP contribution in [0.25, 0.3) is 0 Å². The Balaban J connectivity index is 1.50. The molecular weight excluding hydrogens is 316 g/mol. The quantitative estimate of drug-likeness (QED) is 0.855. The van der Waals surface area contributed by atoms with Crippen LogP contribution >= 0.6 is 11.3 Å². The van der Waals surface area contributed by atoms with Gasteiger partial charge in [-0.3, -0.25) is 14.4 Å². The lowest BCUT2D eigenvalue weighted by Gasteiger charge is -2.23. The number of carboxylic acids is 1. The number of hydrogen-bond donors (Lipinski definition) is 2. The molecule has 1 aromatic heterocycles. The van der Waals surface area contributed by atoms with E-state index < -0.39 is 11.4 Å². The van der Waals surface area contributed by atoms with Gasteiger partial charge in [-0.15, -0.1) is 11.3 Å². The molecule has 2 amide bonds. The molecular formula is C16H20N2O4S. The first-order chi connectivity index (χ1) is 11.0. The fourth-order valence-corrected chi connectivity index (χ4v) is 4.40. The molecule has 0 unspecified atom stereocenters. The minimum Gasteiger partial charge on any atom is -0.481 e. The van der Waals surface area contributed by atoms with Crippen LogP contribution in [0.1, 0.15) is 35.4 Å². The van der Waals surface area contributed by atoms with Crippen molar-refractivity contribution in [2.75, 3.05) is 19.6 Å². The summed E-state index contributed by atoms with van der Waals surface area (Å²) in [7, 11) is 0. The third-order valence-electron chi connectivity index (χ3n) is 5.02. The molecule has 1 aliphatic heterocycles. The summed E-state index contributed by atoms with van der Waals surface area (Å²) in [6, 6.07) is 3.54. The summed E-state index contributed by atoms with van der Waals surface area (Å²) in [6.45, 7) is 1.12. The number of carbonyl (C=O) groups is 3. The van der Waals surface area contributed by atoms with Gasteiger partial charge in [-0.1, -0.05) is 12.5 Å². The Morgan fingerprint density at radius 1 is 1.43 bits per heavy atom. The summed E-state index contributed by atoms with van der Waals surface area (Å²) < 4.78 is 0. The molecule has 0 radical (unpaired) electrons. The Bertz CT molecular complexity index is 616. The summed E-state index contributed by atoms with van der Waals surface area (Å²) >= 11 is 1.36. The van der Waals surface area contributed by atoms with Crippen molar-refractivity contribution in [3.05, 3.63) is 22.4 Å². The van der Waals surface area contributed by atoms with E-state index in [1.807, 2.05) is 5.38 Å². The van der Waals surface area contributed by atoms with Gasteiger partial charge in [-0.2, -0.15) is 0 Å². The number of likely N-dealkylation sites (tertiary alicyclic amines) is 1. The van der Waals surface area contributed by atoms with E-state index in [1.165, 1.54) is 11.3 Å². The lowest BCUT2D eigenvalue weighted by atomic mass is 9.81. The van der Waals surface area contributed by atoms with E-state index in [-0.39, 0.29) is 30.7 Å². The normalized spacial score (nSPS) is 26.1. The third kappa shape index (κ3) is 2.97. The number of carbonyl (C=O) groups excluding carboxylic acids is 2.